The van der Waals surface area contributed by atoms with Crippen molar-refractivity contribution < 1.29 is 14.9 Å². The highest BCUT2D eigenvalue weighted by Crippen LogP contribution is 2.36. The van der Waals surface area contributed by atoms with Crippen LogP contribution in [0.4, 0.5) is 0 Å². The zero-order chi connectivity index (χ0) is 19.8. The van der Waals surface area contributed by atoms with Crippen LogP contribution in [0.25, 0.3) is 0 Å². The third-order valence-corrected chi connectivity index (χ3v) is 5.77. The molecule has 26 heavy (non-hydrogen) atoms. The Labute approximate surface area is 158 Å². The van der Waals surface area contributed by atoms with Gasteiger partial charge in [-0.05, 0) is 41.5 Å². The summed E-state index contributed by atoms with van der Waals surface area (Å²) in [6.07, 6.45) is 1.60. The quantitative estimate of drug-likeness (QED) is 0.806. The molecule has 2 N–H and O–H groups in total. The summed E-state index contributed by atoms with van der Waals surface area (Å²) in [5.74, 6) is 0.605. The van der Waals surface area contributed by atoms with Gasteiger partial charge in [-0.15, -0.1) is 0 Å². The molecule has 1 aliphatic rings. The average Bonchev–Trinajstić information content (AvgIpc) is 3.00. The molecule has 0 saturated carbocycles. The molecular formula is C22H35NO3. The standard InChI is InChI=1S/C22H35NO3/c1-8-22(9-2)18(13-24)23-19(26-22)15-10-16(20(3,4)5)12-17(11-15)21(6,7)14-25/h10-12,18,24-25H,8-9,13-14H2,1-7H3/t18-/m0/s1. The molecule has 0 radical (unpaired) electrons. The summed E-state index contributed by atoms with van der Waals surface area (Å²) < 4.78 is 6.33. The lowest BCUT2D eigenvalue weighted by Gasteiger charge is -2.31. The van der Waals surface area contributed by atoms with E-state index in [-0.39, 0.29) is 30.1 Å². The SMILES string of the molecule is CCC1(CC)OC(c2cc(C(C)(C)C)cc(C(C)(C)CO)c2)=N[C@H]1CO. The molecular weight excluding hydrogens is 326 g/mol. The van der Waals surface area contributed by atoms with Gasteiger partial charge in [0.2, 0.25) is 5.90 Å². The van der Waals surface area contributed by atoms with Crippen molar-refractivity contribution in [3.63, 3.8) is 0 Å². The third-order valence-electron chi connectivity index (χ3n) is 5.77. The topological polar surface area (TPSA) is 62.0 Å². The van der Waals surface area contributed by atoms with E-state index in [4.69, 9.17) is 9.73 Å². The summed E-state index contributed by atoms with van der Waals surface area (Å²) in [7, 11) is 0. The molecule has 0 bridgehead atoms. The fourth-order valence-electron chi connectivity index (χ4n) is 3.42. The molecule has 0 aliphatic carbocycles. The number of nitrogens with zero attached hydrogens (tertiary/aromatic N) is 1. The Morgan fingerprint density at radius 2 is 1.58 bits per heavy atom. The Morgan fingerprint density at radius 1 is 1.00 bits per heavy atom. The number of rotatable bonds is 6. The van der Waals surface area contributed by atoms with E-state index in [0.717, 1.165) is 24.0 Å². The summed E-state index contributed by atoms with van der Waals surface area (Å²) in [5, 5.41) is 19.7. The van der Waals surface area contributed by atoms with Gasteiger partial charge in [0.1, 0.15) is 11.6 Å². The van der Waals surface area contributed by atoms with E-state index in [1.807, 2.05) is 13.8 Å². The maximum absolute atomic E-state index is 9.84. The van der Waals surface area contributed by atoms with Crippen LogP contribution in [0.5, 0.6) is 0 Å². The van der Waals surface area contributed by atoms with Crippen LogP contribution in [0.2, 0.25) is 0 Å². The van der Waals surface area contributed by atoms with Crippen molar-refractivity contribution in [2.24, 2.45) is 4.99 Å². The van der Waals surface area contributed by atoms with Gasteiger partial charge in [-0.3, -0.25) is 0 Å². The number of ether oxygens (including phenoxy) is 1. The first-order valence-corrected chi connectivity index (χ1v) is 9.68. The Balaban J connectivity index is 2.58. The van der Waals surface area contributed by atoms with Gasteiger partial charge in [-0.25, -0.2) is 4.99 Å². The molecule has 4 heteroatoms. The van der Waals surface area contributed by atoms with Crippen molar-refractivity contribution in [3.05, 3.63) is 34.9 Å². The number of aliphatic hydroxyl groups excluding tert-OH is 2. The number of hydrogen-bond donors (Lipinski definition) is 2. The minimum atomic E-state index is -0.436. The van der Waals surface area contributed by atoms with Crippen molar-refractivity contribution in [2.75, 3.05) is 13.2 Å². The van der Waals surface area contributed by atoms with Crippen molar-refractivity contribution in [2.45, 2.75) is 83.8 Å². The highest BCUT2D eigenvalue weighted by Gasteiger charge is 2.44. The lowest BCUT2D eigenvalue weighted by atomic mass is 9.79. The molecule has 1 aromatic carbocycles. The fraction of sp³-hybridized carbons (Fsp3) is 0.682. The second-order valence-electron chi connectivity index (χ2n) is 9.10. The van der Waals surface area contributed by atoms with Crippen molar-refractivity contribution >= 4 is 5.90 Å². The predicted octanol–water partition coefficient (Wildman–Crippen LogP) is 3.95. The zero-order valence-corrected chi connectivity index (χ0v) is 17.4. The van der Waals surface area contributed by atoms with E-state index in [1.165, 1.54) is 5.56 Å². The third kappa shape index (κ3) is 3.81. The van der Waals surface area contributed by atoms with Crippen LogP contribution in [0, 0.1) is 0 Å². The number of aliphatic imine (C=N–C) groups is 1. The number of benzene rings is 1. The Kier molecular flexibility index (Phi) is 5.89. The van der Waals surface area contributed by atoms with Crippen molar-refractivity contribution in [3.8, 4) is 0 Å². The largest absolute Gasteiger partial charge is 0.468 e. The monoisotopic (exact) mass is 361 g/mol. The lowest BCUT2D eigenvalue weighted by Crippen LogP contribution is -2.41. The molecule has 1 atom stereocenters. The van der Waals surface area contributed by atoms with Gasteiger partial charge in [-0.2, -0.15) is 0 Å². The zero-order valence-electron chi connectivity index (χ0n) is 17.4. The molecule has 0 saturated heterocycles. The van der Waals surface area contributed by atoms with Gasteiger partial charge in [0, 0.05) is 11.0 Å². The molecule has 1 heterocycles. The minimum absolute atomic E-state index is 0.0148. The Hall–Kier alpha value is -1.39. The van der Waals surface area contributed by atoms with Gasteiger partial charge >= 0.3 is 0 Å². The average molecular weight is 362 g/mol. The molecule has 1 aliphatic heterocycles. The van der Waals surface area contributed by atoms with E-state index in [0.29, 0.717) is 5.90 Å². The Bertz CT molecular complexity index is 666. The van der Waals surface area contributed by atoms with Crippen molar-refractivity contribution in [1.82, 2.24) is 0 Å². The molecule has 2 rings (SSSR count). The van der Waals surface area contributed by atoms with Crippen LogP contribution in [-0.2, 0) is 15.6 Å². The van der Waals surface area contributed by atoms with E-state index in [2.05, 4.69) is 52.8 Å². The predicted molar refractivity (Wildman–Crippen MR) is 107 cm³/mol. The van der Waals surface area contributed by atoms with Crippen LogP contribution in [0.1, 0.15) is 78.0 Å². The van der Waals surface area contributed by atoms with Gasteiger partial charge in [0.05, 0.1) is 13.2 Å². The second-order valence-corrected chi connectivity index (χ2v) is 9.10. The molecule has 0 aromatic heterocycles. The first kappa shape index (κ1) is 20.9. The molecule has 0 spiro atoms. The summed E-state index contributed by atoms with van der Waals surface area (Å²) in [6.45, 7) is 14.8. The first-order chi connectivity index (χ1) is 12.0. The summed E-state index contributed by atoms with van der Waals surface area (Å²) >= 11 is 0. The van der Waals surface area contributed by atoms with Gasteiger partial charge in [0.15, 0.2) is 0 Å². The molecule has 0 unspecified atom stereocenters. The minimum Gasteiger partial charge on any atom is -0.468 e. The van der Waals surface area contributed by atoms with E-state index >= 15 is 0 Å². The highest BCUT2D eigenvalue weighted by molar-refractivity contribution is 5.96. The lowest BCUT2D eigenvalue weighted by molar-refractivity contribution is 0.0291. The molecule has 0 fully saturated rings. The van der Waals surface area contributed by atoms with Gasteiger partial charge < -0.3 is 14.9 Å². The van der Waals surface area contributed by atoms with Crippen molar-refractivity contribution in [1.29, 1.82) is 0 Å². The maximum Gasteiger partial charge on any atom is 0.217 e. The normalized spacial score (nSPS) is 20.0. The smallest absolute Gasteiger partial charge is 0.217 e. The summed E-state index contributed by atoms with van der Waals surface area (Å²) in [5.41, 5.74) is 2.37. The van der Waals surface area contributed by atoms with Crippen LogP contribution in [0.3, 0.4) is 0 Å². The summed E-state index contributed by atoms with van der Waals surface area (Å²) in [6, 6.07) is 6.14. The van der Waals surface area contributed by atoms with E-state index < -0.39 is 5.60 Å². The fourth-order valence-corrected chi connectivity index (χ4v) is 3.42. The first-order valence-electron chi connectivity index (χ1n) is 9.68. The van der Waals surface area contributed by atoms with Gasteiger partial charge in [-0.1, -0.05) is 54.5 Å². The van der Waals surface area contributed by atoms with Crippen LogP contribution in [-0.4, -0.2) is 41.0 Å². The van der Waals surface area contributed by atoms with E-state index in [9.17, 15) is 10.2 Å². The van der Waals surface area contributed by atoms with Crippen LogP contribution >= 0.6 is 0 Å². The van der Waals surface area contributed by atoms with E-state index in [1.54, 1.807) is 0 Å². The van der Waals surface area contributed by atoms with Gasteiger partial charge in [0.25, 0.3) is 0 Å². The number of hydrogen-bond acceptors (Lipinski definition) is 4. The second kappa shape index (κ2) is 7.32. The van der Waals surface area contributed by atoms with Crippen LogP contribution < -0.4 is 0 Å². The molecule has 1 aromatic rings. The number of aliphatic hydroxyl groups is 2. The molecule has 4 nitrogen and oxygen atoms in total. The maximum atomic E-state index is 9.84. The molecule has 146 valence electrons. The highest BCUT2D eigenvalue weighted by atomic mass is 16.5. The molecule has 0 amide bonds. The summed E-state index contributed by atoms with van der Waals surface area (Å²) in [4.78, 5) is 4.73. The van der Waals surface area contributed by atoms with Crippen LogP contribution in [0.15, 0.2) is 23.2 Å². The Morgan fingerprint density at radius 3 is 2.00 bits per heavy atom.